The zero-order valence-electron chi connectivity index (χ0n) is 11.2. The second-order valence-corrected chi connectivity index (χ2v) is 5.60. The molecule has 1 unspecified atom stereocenters. The molecule has 1 rings (SSSR count). The summed E-state index contributed by atoms with van der Waals surface area (Å²) in [5, 5.41) is 0. The Labute approximate surface area is 119 Å². The number of benzene rings is 1. The van der Waals surface area contributed by atoms with Gasteiger partial charge in [0.25, 0.3) is 0 Å². The molecule has 0 aromatic heterocycles. The van der Waals surface area contributed by atoms with Gasteiger partial charge in [0.1, 0.15) is 0 Å². The van der Waals surface area contributed by atoms with Gasteiger partial charge in [0.15, 0.2) is 0 Å². The standard InChI is InChI=1S/C15H24BrNO/c1-2-3-9-18-10-8-14(12-17)11-13-4-6-15(16)7-5-13/h4-7,14H,2-3,8-12,17H2,1H3. The summed E-state index contributed by atoms with van der Waals surface area (Å²) in [6, 6.07) is 8.48. The summed E-state index contributed by atoms with van der Waals surface area (Å²) in [6.45, 7) is 4.62. The monoisotopic (exact) mass is 313 g/mol. The molecule has 1 aromatic rings. The lowest BCUT2D eigenvalue weighted by Gasteiger charge is -2.15. The van der Waals surface area contributed by atoms with Crippen molar-refractivity contribution in [2.45, 2.75) is 32.6 Å². The first kappa shape index (κ1) is 15.7. The van der Waals surface area contributed by atoms with Crippen molar-refractivity contribution in [1.82, 2.24) is 0 Å². The molecule has 0 spiro atoms. The van der Waals surface area contributed by atoms with Gasteiger partial charge >= 0.3 is 0 Å². The number of ether oxygens (including phenoxy) is 1. The fourth-order valence-corrected chi connectivity index (χ4v) is 2.12. The number of hydrogen-bond acceptors (Lipinski definition) is 2. The molecule has 1 atom stereocenters. The Morgan fingerprint density at radius 2 is 1.94 bits per heavy atom. The minimum absolute atomic E-state index is 0.521. The molecular weight excluding hydrogens is 290 g/mol. The molecule has 2 N–H and O–H groups in total. The number of hydrogen-bond donors (Lipinski definition) is 1. The average Bonchev–Trinajstić information content (AvgIpc) is 2.39. The molecule has 102 valence electrons. The maximum absolute atomic E-state index is 5.83. The second kappa shape index (κ2) is 9.54. The van der Waals surface area contributed by atoms with Gasteiger partial charge in [-0.15, -0.1) is 0 Å². The third-order valence-electron chi connectivity index (χ3n) is 3.08. The largest absolute Gasteiger partial charge is 0.381 e. The highest BCUT2D eigenvalue weighted by Gasteiger charge is 2.07. The quantitative estimate of drug-likeness (QED) is 0.704. The molecule has 0 aliphatic carbocycles. The molecular formula is C15H24BrNO. The molecule has 1 aromatic carbocycles. The fourth-order valence-electron chi connectivity index (χ4n) is 1.86. The molecule has 0 amide bonds. The van der Waals surface area contributed by atoms with Crippen LogP contribution in [0.2, 0.25) is 0 Å². The van der Waals surface area contributed by atoms with Gasteiger partial charge in [-0.1, -0.05) is 41.4 Å². The number of rotatable bonds is 9. The van der Waals surface area contributed by atoms with Gasteiger partial charge < -0.3 is 10.5 Å². The summed E-state index contributed by atoms with van der Waals surface area (Å²) in [5.74, 6) is 0.521. The summed E-state index contributed by atoms with van der Waals surface area (Å²) in [7, 11) is 0. The lowest BCUT2D eigenvalue weighted by molar-refractivity contribution is 0.118. The Balaban J connectivity index is 2.26. The molecule has 0 saturated carbocycles. The highest BCUT2D eigenvalue weighted by atomic mass is 79.9. The van der Waals surface area contributed by atoms with Crippen LogP contribution in [0.4, 0.5) is 0 Å². The second-order valence-electron chi connectivity index (χ2n) is 4.69. The topological polar surface area (TPSA) is 35.2 Å². The Bertz CT molecular complexity index is 313. The first-order valence-corrected chi connectivity index (χ1v) is 7.57. The molecule has 0 radical (unpaired) electrons. The van der Waals surface area contributed by atoms with Gasteiger partial charge in [-0.05, 0) is 49.4 Å². The lowest BCUT2D eigenvalue weighted by atomic mass is 9.97. The van der Waals surface area contributed by atoms with Crippen LogP contribution >= 0.6 is 15.9 Å². The van der Waals surface area contributed by atoms with E-state index in [1.165, 1.54) is 12.0 Å². The van der Waals surface area contributed by atoms with E-state index in [9.17, 15) is 0 Å². The molecule has 0 aliphatic rings. The van der Waals surface area contributed by atoms with Gasteiger partial charge in [-0.3, -0.25) is 0 Å². The minimum Gasteiger partial charge on any atom is -0.381 e. The Morgan fingerprint density at radius 3 is 2.56 bits per heavy atom. The summed E-state index contributed by atoms with van der Waals surface area (Å²) >= 11 is 3.45. The predicted molar refractivity (Wildman–Crippen MR) is 80.7 cm³/mol. The van der Waals surface area contributed by atoms with E-state index in [0.29, 0.717) is 5.92 Å². The van der Waals surface area contributed by atoms with Crippen LogP contribution < -0.4 is 5.73 Å². The van der Waals surface area contributed by atoms with E-state index in [2.05, 4.69) is 47.1 Å². The molecule has 0 heterocycles. The third-order valence-corrected chi connectivity index (χ3v) is 3.61. The average molecular weight is 314 g/mol. The maximum atomic E-state index is 5.83. The number of nitrogens with two attached hydrogens (primary N) is 1. The zero-order valence-corrected chi connectivity index (χ0v) is 12.8. The van der Waals surface area contributed by atoms with E-state index < -0.39 is 0 Å². The maximum Gasteiger partial charge on any atom is 0.0469 e. The Hall–Kier alpha value is -0.380. The molecule has 2 nitrogen and oxygen atoms in total. The number of halogens is 1. The normalized spacial score (nSPS) is 12.6. The lowest BCUT2D eigenvalue weighted by Crippen LogP contribution is -2.19. The summed E-state index contributed by atoms with van der Waals surface area (Å²) in [4.78, 5) is 0. The SMILES string of the molecule is CCCCOCCC(CN)Cc1ccc(Br)cc1. The first-order chi connectivity index (χ1) is 8.76. The van der Waals surface area contributed by atoms with Gasteiger partial charge in [0, 0.05) is 17.7 Å². The van der Waals surface area contributed by atoms with Crippen molar-refractivity contribution >= 4 is 15.9 Å². The molecule has 3 heteroatoms. The summed E-state index contributed by atoms with van der Waals surface area (Å²) in [5.41, 5.74) is 7.18. The highest BCUT2D eigenvalue weighted by molar-refractivity contribution is 9.10. The molecule has 0 aliphatic heterocycles. The third kappa shape index (κ3) is 6.53. The van der Waals surface area contributed by atoms with E-state index in [4.69, 9.17) is 10.5 Å². The Morgan fingerprint density at radius 1 is 1.22 bits per heavy atom. The fraction of sp³-hybridized carbons (Fsp3) is 0.600. The van der Waals surface area contributed by atoms with E-state index >= 15 is 0 Å². The van der Waals surface area contributed by atoms with Gasteiger partial charge in [0.2, 0.25) is 0 Å². The predicted octanol–water partition coefficient (Wildman–Crippen LogP) is 3.77. The molecule has 0 saturated heterocycles. The van der Waals surface area contributed by atoms with Crippen LogP contribution in [-0.2, 0) is 11.2 Å². The first-order valence-electron chi connectivity index (χ1n) is 6.78. The Kier molecular flexibility index (Phi) is 8.31. The van der Waals surface area contributed by atoms with Gasteiger partial charge in [0.05, 0.1) is 0 Å². The van der Waals surface area contributed by atoms with E-state index in [0.717, 1.165) is 43.5 Å². The molecule has 0 bridgehead atoms. The van der Waals surface area contributed by atoms with Crippen molar-refractivity contribution < 1.29 is 4.74 Å². The van der Waals surface area contributed by atoms with Gasteiger partial charge in [-0.2, -0.15) is 0 Å². The van der Waals surface area contributed by atoms with E-state index in [1.54, 1.807) is 0 Å². The van der Waals surface area contributed by atoms with Crippen LogP contribution in [0.3, 0.4) is 0 Å². The van der Waals surface area contributed by atoms with E-state index in [1.807, 2.05) is 0 Å². The van der Waals surface area contributed by atoms with Crippen molar-refractivity contribution in [2.24, 2.45) is 11.7 Å². The van der Waals surface area contributed by atoms with Crippen molar-refractivity contribution in [1.29, 1.82) is 0 Å². The van der Waals surface area contributed by atoms with E-state index in [-0.39, 0.29) is 0 Å². The van der Waals surface area contributed by atoms with Crippen LogP contribution in [0.15, 0.2) is 28.7 Å². The van der Waals surface area contributed by atoms with Crippen molar-refractivity contribution in [3.63, 3.8) is 0 Å². The van der Waals surface area contributed by atoms with Crippen LogP contribution in [0.1, 0.15) is 31.7 Å². The summed E-state index contributed by atoms with van der Waals surface area (Å²) in [6.07, 6.45) is 4.44. The molecule has 18 heavy (non-hydrogen) atoms. The highest BCUT2D eigenvalue weighted by Crippen LogP contribution is 2.15. The number of unbranched alkanes of at least 4 members (excludes halogenated alkanes) is 1. The van der Waals surface area contributed by atoms with Crippen molar-refractivity contribution in [3.05, 3.63) is 34.3 Å². The van der Waals surface area contributed by atoms with Crippen LogP contribution in [0.25, 0.3) is 0 Å². The van der Waals surface area contributed by atoms with Gasteiger partial charge in [-0.25, -0.2) is 0 Å². The van der Waals surface area contributed by atoms with Crippen LogP contribution in [0.5, 0.6) is 0 Å². The van der Waals surface area contributed by atoms with Crippen molar-refractivity contribution in [2.75, 3.05) is 19.8 Å². The summed E-state index contributed by atoms with van der Waals surface area (Å²) < 4.78 is 6.72. The van der Waals surface area contributed by atoms with Crippen molar-refractivity contribution in [3.8, 4) is 0 Å². The van der Waals surface area contributed by atoms with Crippen LogP contribution in [0, 0.1) is 5.92 Å². The van der Waals surface area contributed by atoms with Crippen LogP contribution in [-0.4, -0.2) is 19.8 Å². The smallest absolute Gasteiger partial charge is 0.0469 e. The molecule has 0 fully saturated rings. The minimum atomic E-state index is 0.521. The zero-order chi connectivity index (χ0) is 13.2.